The average Bonchev–Trinajstić information content (AvgIpc) is 3.34. The third-order valence-electron chi connectivity index (χ3n) is 5.91. The molecule has 1 aliphatic heterocycles. The van der Waals surface area contributed by atoms with E-state index >= 15 is 0 Å². The summed E-state index contributed by atoms with van der Waals surface area (Å²) in [7, 11) is -3.51. The van der Waals surface area contributed by atoms with Crippen molar-refractivity contribution >= 4 is 27.5 Å². The SMILES string of the molecule is O=C(Nc1c2c(cc3c1CCC3)CCC2)NS1(=O)=NC(=O)C2=C1C=C(F)CC2. The summed E-state index contributed by atoms with van der Waals surface area (Å²) in [5, 5.41) is 2.88. The quantitative estimate of drug-likeness (QED) is 0.794. The van der Waals surface area contributed by atoms with Gasteiger partial charge in [-0.15, -0.1) is 4.36 Å². The second-order valence-electron chi connectivity index (χ2n) is 7.65. The predicted octanol–water partition coefficient (Wildman–Crippen LogP) is 3.61. The number of benzene rings is 1. The lowest BCUT2D eigenvalue weighted by Gasteiger charge is -2.18. The Morgan fingerprint density at radius 2 is 1.71 bits per heavy atom. The molecule has 0 saturated heterocycles. The Morgan fingerprint density at radius 1 is 1.04 bits per heavy atom. The van der Waals surface area contributed by atoms with Gasteiger partial charge < -0.3 is 5.32 Å². The molecule has 28 heavy (non-hydrogen) atoms. The number of hydrogen-bond acceptors (Lipinski definition) is 3. The molecule has 1 aromatic carbocycles. The lowest BCUT2D eigenvalue weighted by Crippen LogP contribution is -2.34. The Hall–Kier alpha value is -2.48. The van der Waals surface area contributed by atoms with Gasteiger partial charge in [-0.2, -0.15) is 0 Å². The van der Waals surface area contributed by atoms with Gasteiger partial charge in [0.2, 0.25) is 0 Å². The Labute approximate surface area is 162 Å². The van der Waals surface area contributed by atoms with Crippen molar-refractivity contribution in [3.05, 3.63) is 50.7 Å². The number of nitrogens with zero attached hydrogens (tertiary/aromatic N) is 1. The fourth-order valence-electron chi connectivity index (χ4n) is 4.66. The molecule has 146 valence electrons. The maximum atomic E-state index is 13.7. The number of halogens is 1. The average molecular weight is 401 g/mol. The first kappa shape index (κ1) is 17.6. The van der Waals surface area contributed by atoms with Crippen LogP contribution in [0.5, 0.6) is 0 Å². The lowest BCUT2D eigenvalue weighted by atomic mass is 9.99. The van der Waals surface area contributed by atoms with Crippen LogP contribution in [0.25, 0.3) is 0 Å². The summed E-state index contributed by atoms with van der Waals surface area (Å²) < 4.78 is 32.9. The minimum absolute atomic E-state index is 0.0000746. The van der Waals surface area contributed by atoms with Crippen molar-refractivity contribution in [1.29, 1.82) is 0 Å². The van der Waals surface area contributed by atoms with Crippen LogP contribution in [0, 0.1) is 0 Å². The highest BCUT2D eigenvalue weighted by molar-refractivity contribution is 7.97. The topological polar surface area (TPSA) is 87.6 Å². The number of hydrogen-bond donors (Lipinski definition) is 2. The summed E-state index contributed by atoms with van der Waals surface area (Å²) >= 11 is 0. The van der Waals surface area contributed by atoms with Crippen molar-refractivity contribution in [2.45, 2.75) is 51.4 Å². The van der Waals surface area contributed by atoms with Crippen molar-refractivity contribution in [2.24, 2.45) is 4.36 Å². The Kier molecular flexibility index (Phi) is 3.94. The lowest BCUT2D eigenvalue weighted by molar-refractivity contribution is -0.114. The summed E-state index contributed by atoms with van der Waals surface area (Å²) in [5.41, 5.74) is 5.87. The molecular formula is C20H20FN3O3S. The van der Waals surface area contributed by atoms with E-state index in [0.717, 1.165) is 61.4 Å². The number of carbonyl (C=O) groups is 2. The van der Waals surface area contributed by atoms with E-state index in [1.54, 1.807) is 0 Å². The maximum Gasteiger partial charge on any atom is 0.331 e. The van der Waals surface area contributed by atoms with Crippen LogP contribution < -0.4 is 10.0 Å². The van der Waals surface area contributed by atoms with E-state index in [9.17, 15) is 18.2 Å². The van der Waals surface area contributed by atoms with E-state index in [-0.39, 0.29) is 23.3 Å². The highest BCUT2D eigenvalue weighted by Gasteiger charge is 2.35. The molecule has 1 unspecified atom stereocenters. The Bertz CT molecular complexity index is 1090. The molecule has 1 heterocycles. The van der Waals surface area contributed by atoms with Crippen molar-refractivity contribution < 1.29 is 18.2 Å². The number of rotatable bonds is 2. The zero-order valence-corrected chi connectivity index (χ0v) is 16.1. The van der Waals surface area contributed by atoms with Crippen molar-refractivity contribution in [2.75, 3.05) is 5.32 Å². The Balaban J connectivity index is 1.46. The van der Waals surface area contributed by atoms with Gasteiger partial charge in [0.25, 0.3) is 5.91 Å². The summed E-state index contributed by atoms with van der Waals surface area (Å²) in [4.78, 5) is 24.8. The van der Waals surface area contributed by atoms with E-state index in [2.05, 4.69) is 20.5 Å². The summed E-state index contributed by atoms with van der Waals surface area (Å²) in [6.45, 7) is 0. The molecule has 6 nitrogen and oxygen atoms in total. The van der Waals surface area contributed by atoms with Crippen LogP contribution in [0.3, 0.4) is 0 Å². The molecule has 0 saturated carbocycles. The first-order valence-corrected chi connectivity index (χ1v) is 11.1. The number of nitrogens with one attached hydrogen (secondary N) is 2. The molecule has 1 aromatic rings. The number of urea groups is 1. The molecule has 0 bridgehead atoms. The summed E-state index contributed by atoms with van der Waals surface area (Å²) in [6.07, 6.45) is 7.22. The fourth-order valence-corrected chi connectivity index (χ4v) is 6.37. The second kappa shape index (κ2) is 6.27. The van der Waals surface area contributed by atoms with E-state index < -0.39 is 27.7 Å². The predicted molar refractivity (Wildman–Crippen MR) is 104 cm³/mol. The highest BCUT2D eigenvalue weighted by Crippen LogP contribution is 2.39. The largest absolute Gasteiger partial charge is 0.331 e. The van der Waals surface area contributed by atoms with Crippen LogP contribution in [0.15, 0.2) is 32.8 Å². The van der Waals surface area contributed by atoms with Crippen molar-refractivity contribution in [1.82, 2.24) is 4.72 Å². The molecule has 8 heteroatoms. The number of aryl methyl sites for hydroxylation is 2. The van der Waals surface area contributed by atoms with Crippen LogP contribution in [-0.2, 0) is 40.4 Å². The first-order valence-electron chi connectivity index (χ1n) is 9.60. The minimum atomic E-state index is -3.51. The van der Waals surface area contributed by atoms with Gasteiger partial charge in [-0.25, -0.2) is 18.1 Å². The molecule has 3 aliphatic carbocycles. The molecule has 0 spiro atoms. The van der Waals surface area contributed by atoms with Gasteiger partial charge in [-0.05, 0) is 73.3 Å². The monoisotopic (exact) mass is 401 g/mol. The van der Waals surface area contributed by atoms with Crippen molar-refractivity contribution in [3.63, 3.8) is 0 Å². The van der Waals surface area contributed by atoms with Gasteiger partial charge in [0.15, 0.2) is 9.92 Å². The molecular weight excluding hydrogens is 381 g/mol. The second-order valence-corrected chi connectivity index (χ2v) is 9.52. The summed E-state index contributed by atoms with van der Waals surface area (Å²) in [5.74, 6) is -1.09. The van der Waals surface area contributed by atoms with Gasteiger partial charge in [0.1, 0.15) is 5.83 Å². The van der Waals surface area contributed by atoms with Gasteiger partial charge in [0.05, 0.1) is 4.91 Å². The maximum absolute atomic E-state index is 13.7. The van der Waals surface area contributed by atoms with Crippen LogP contribution in [0.2, 0.25) is 0 Å². The zero-order chi connectivity index (χ0) is 19.5. The fraction of sp³-hybridized carbons (Fsp3) is 0.400. The molecule has 0 fully saturated rings. The molecule has 0 aromatic heterocycles. The number of fused-ring (bicyclic) bond motifs is 2. The van der Waals surface area contributed by atoms with Gasteiger partial charge in [-0.1, -0.05) is 6.07 Å². The van der Waals surface area contributed by atoms with Crippen LogP contribution in [0.1, 0.15) is 47.9 Å². The van der Waals surface area contributed by atoms with E-state index in [0.29, 0.717) is 0 Å². The van der Waals surface area contributed by atoms with Crippen LogP contribution >= 0.6 is 0 Å². The van der Waals surface area contributed by atoms with Crippen LogP contribution in [0.4, 0.5) is 14.9 Å². The summed E-state index contributed by atoms with van der Waals surface area (Å²) in [6, 6.07) is 1.58. The smallest absolute Gasteiger partial charge is 0.307 e. The number of anilines is 1. The van der Waals surface area contributed by atoms with Gasteiger partial charge in [-0.3, -0.25) is 4.79 Å². The van der Waals surface area contributed by atoms with Gasteiger partial charge in [0, 0.05) is 17.7 Å². The number of allylic oxidation sites excluding steroid dienone is 2. The van der Waals surface area contributed by atoms with E-state index in [1.807, 2.05) is 0 Å². The molecule has 0 radical (unpaired) electrons. The Morgan fingerprint density at radius 3 is 2.39 bits per heavy atom. The standard InChI is InChI=1S/C20H20FN3O3S/c21-13-7-8-16-17(10-13)28(27,23-19(16)25)24-20(26)22-18-14-5-1-3-11(14)9-12-4-2-6-15(12)18/h9-10H,1-8H2,(H2,22,23,24,25,26,27). The van der Waals surface area contributed by atoms with Crippen LogP contribution in [-0.4, -0.2) is 16.1 Å². The number of amides is 3. The minimum Gasteiger partial charge on any atom is -0.307 e. The highest BCUT2D eigenvalue weighted by atomic mass is 32.2. The zero-order valence-electron chi connectivity index (χ0n) is 15.3. The molecule has 1 atom stereocenters. The molecule has 4 aliphatic rings. The molecule has 2 N–H and O–H groups in total. The first-order chi connectivity index (χ1) is 13.4. The van der Waals surface area contributed by atoms with Gasteiger partial charge >= 0.3 is 6.03 Å². The third-order valence-corrected chi connectivity index (χ3v) is 7.75. The van der Waals surface area contributed by atoms with E-state index in [4.69, 9.17) is 0 Å². The molecule has 3 amide bonds. The number of carbonyl (C=O) groups excluding carboxylic acids is 2. The van der Waals surface area contributed by atoms with E-state index in [1.165, 1.54) is 11.1 Å². The molecule has 5 rings (SSSR count). The normalized spacial score (nSPS) is 25.0. The third kappa shape index (κ3) is 2.70. The van der Waals surface area contributed by atoms with Crippen molar-refractivity contribution in [3.8, 4) is 0 Å².